The first-order chi connectivity index (χ1) is 54.9. The number of amides is 14. The number of benzene rings is 3. The summed E-state index contributed by atoms with van der Waals surface area (Å²) in [7, 11) is 9.65. The Bertz CT molecular complexity index is 3890. The van der Waals surface area contributed by atoms with Gasteiger partial charge in [0.05, 0.1) is 68.1 Å². The molecule has 1 saturated carbocycles. The standard InChI is InChI=1S/C82H124N14O19S/c1-16-50(8)71(94(12)78(107)69(48(4)5)92-76(105)70(49(6)7)93(10)11)62(112-14)40-66(100)96-44-58(39-60(96)72(113-15)51(9)73(102)88-43-61(97)55-26-25-54-38-57(111-13)30-27-53(54)37-55)115-81(110)87-35-34-86-80(109)114-45-52-23-28-56(29-24-52)89-74(103)59(21-20-33-85-79(84)108)90-75(104)68(47(2)3)91-65(99)22-18-17-19-36-95-67(101)41-63(77(95)106)116-46-82(31-32-82)42-64(83)98/h23-30,37-38,47-51,58-60,62-63,68-72H,16-22,31-36,39-46H2,1-15H3,(H2,83,98)(H,86,109)(H,87,110)(H,88,102)(H,89,103)(H,90,104)(H,91,99)(H,92,105)(H3,84,85,108)/t50-,51+,58-,59-,60-,62?,63?,68-,69-,70-,71?,72+/m0/s1. The fourth-order valence-corrected chi connectivity index (χ4v) is 16.3. The summed E-state index contributed by atoms with van der Waals surface area (Å²) in [6.07, 6.45) is -0.457. The van der Waals surface area contributed by atoms with Crippen molar-refractivity contribution in [1.82, 2.24) is 56.8 Å². The molecule has 6 rings (SSSR count). The average molecular weight is 1640 g/mol. The first-order valence-electron chi connectivity index (χ1n) is 40.0. The maximum absolute atomic E-state index is 15.1. The van der Waals surface area contributed by atoms with Crippen LogP contribution in [0.15, 0.2) is 60.7 Å². The fourth-order valence-electron chi connectivity index (χ4n) is 14.8. The van der Waals surface area contributed by atoms with Crippen LogP contribution in [0.4, 0.5) is 20.1 Å². The van der Waals surface area contributed by atoms with Crippen LogP contribution in [0, 0.1) is 35.0 Å². The second-order valence-electron chi connectivity index (χ2n) is 31.9. The van der Waals surface area contributed by atoms with E-state index in [2.05, 4.69) is 42.5 Å². The molecule has 2 aliphatic heterocycles. The number of ketones is 1. The first kappa shape index (κ1) is 95.2. The molecular weight excluding hydrogens is 1520 g/mol. The highest BCUT2D eigenvalue weighted by atomic mass is 32.2. The zero-order chi connectivity index (χ0) is 85.8. The van der Waals surface area contributed by atoms with Crippen molar-refractivity contribution in [1.29, 1.82) is 0 Å². The number of anilines is 1. The van der Waals surface area contributed by atoms with E-state index in [9.17, 15) is 62.3 Å². The molecule has 12 atom stereocenters. The Hall–Kier alpha value is -9.67. The van der Waals surface area contributed by atoms with E-state index in [-0.39, 0.29) is 149 Å². The Morgan fingerprint density at radius 2 is 1.35 bits per heavy atom. The van der Waals surface area contributed by atoms with E-state index in [0.717, 1.165) is 23.6 Å². The molecule has 116 heavy (non-hydrogen) atoms. The first-order valence-corrected chi connectivity index (χ1v) is 41.1. The largest absolute Gasteiger partial charge is 0.497 e. The molecule has 0 aromatic heterocycles. The van der Waals surface area contributed by atoms with Crippen LogP contribution in [-0.4, -0.2) is 250 Å². The summed E-state index contributed by atoms with van der Waals surface area (Å²) in [6.45, 7) is 15.9. The van der Waals surface area contributed by atoms with E-state index >= 15 is 4.79 Å². The van der Waals surface area contributed by atoms with Crippen molar-refractivity contribution in [3.8, 4) is 5.75 Å². The number of likely N-dealkylation sites (N-methyl/N-ethyl adjacent to an activating group) is 2. The smallest absolute Gasteiger partial charge is 0.407 e. The molecule has 0 bridgehead atoms. The molecule has 642 valence electrons. The number of methoxy groups -OCH3 is 3. The van der Waals surface area contributed by atoms with E-state index in [1.54, 1.807) is 102 Å². The molecule has 3 unspecified atom stereocenters. The van der Waals surface area contributed by atoms with Crippen molar-refractivity contribution in [2.75, 3.05) is 92.8 Å². The van der Waals surface area contributed by atoms with Gasteiger partial charge in [-0.15, -0.1) is 11.8 Å². The topological polar surface area (TPSA) is 446 Å². The Morgan fingerprint density at radius 3 is 1.96 bits per heavy atom. The van der Waals surface area contributed by atoms with Gasteiger partial charge in [0, 0.05) is 90.1 Å². The van der Waals surface area contributed by atoms with Crippen LogP contribution in [0.2, 0.25) is 0 Å². The number of alkyl carbamates (subject to hydrolysis) is 2. The molecule has 33 nitrogen and oxygen atoms in total. The number of thioether (sulfide) groups is 1. The number of urea groups is 1. The molecule has 2 saturated heterocycles. The van der Waals surface area contributed by atoms with Gasteiger partial charge < -0.3 is 87.5 Å². The second kappa shape index (κ2) is 45.7. The number of fused-ring (bicyclic) bond motifs is 1. The second-order valence-corrected chi connectivity index (χ2v) is 33.1. The van der Waals surface area contributed by atoms with Gasteiger partial charge in [0.1, 0.15) is 36.6 Å². The van der Waals surface area contributed by atoms with Gasteiger partial charge in [0.2, 0.25) is 59.1 Å². The number of nitrogens with zero attached hydrogens (tertiary/aromatic N) is 4. The Labute approximate surface area is 684 Å². The summed E-state index contributed by atoms with van der Waals surface area (Å²) in [5.74, 6) is -5.32. The van der Waals surface area contributed by atoms with Crippen molar-refractivity contribution in [3.05, 3.63) is 71.8 Å². The molecule has 0 spiro atoms. The average Bonchev–Trinajstić information content (AvgIpc) is 1.63. The highest BCUT2D eigenvalue weighted by Crippen LogP contribution is 2.52. The van der Waals surface area contributed by atoms with Crippen LogP contribution in [0.3, 0.4) is 0 Å². The van der Waals surface area contributed by atoms with Gasteiger partial charge in [0.15, 0.2) is 5.78 Å². The number of likely N-dealkylation sites (tertiary alicyclic amines) is 2. The minimum atomic E-state index is -1.14. The maximum Gasteiger partial charge on any atom is 0.407 e. The molecule has 3 aromatic carbocycles. The number of nitrogens with one attached hydrogen (secondary N) is 8. The van der Waals surface area contributed by atoms with Crippen molar-refractivity contribution in [2.24, 2.45) is 46.5 Å². The monoisotopic (exact) mass is 1640 g/mol. The van der Waals surface area contributed by atoms with Gasteiger partial charge in [-0.25, -0.2) is 14.4 Å². The number of nitrogens with two attached hydrogens (primary N) is 2. The van der Waals surface area contributed by atoms with Crippen molar-refractivity contribution in [3.63, 3.8) is 0 Å². The van der Waals surface area contributed by atoms with E-state index < -0.39 is 119 Å². The molecule has 3 aliphatic rings. The number of rotatable bonds is 48. The molecule has 1 aliphatic carbocycles. The molecule has 34 heteroatoms. The number of carbonyl (C=O) groups is 14. The molecule has 3 fully saturated rings. The van der Waals surface area contributed by atoms with Crippen molar-refractivity contribution < 1.29 is 90.8 Å². The van der Waals surface area contributed by atoms with Gasteiger partial charge in [-0.1, -0.05) is 105 Å². The van der Waals surface area contributed by atoms with Crippen molar-refractivity contribution in [2.45, 2.75) is 212 Å². The molecule has 2 heterocycles. The summed E-state index contributed by atoms with van der Waals surface area (Å²) < 4.78 is 28.9. The number of hydrogen-bond acceptors (Lipinski definition) is 21. The third-order valence-corrected chi connectivity index (χ3v) is 23.3. The van der Waals surface area contributed by atoms with E-state index in [1.807, 2.05) is 58.6 Å². The Morgan fingerprint density at radius 1 is 0.690 bits per heavy atom. The van der Waals surface area contributed by atoms with E-state index in [0.29, 0.717) is 54.0 Å². The highest BCUT2D eigenvalue weighted by molar-refractivity contribution is 8.00. The lowest BCUT2D eigenvalue weighted by Gasteiger charge is -2.41. The van der Waals surface area contributed by atoms with Crippen LogP contribution in [0.5, 0.6) is 5.75 Å². The lowest BCUT2D eigenvalue weighted by Crippen LogP contribution is -2.59. The van der Waals surface area contributed by atoms with Crippen molar-refractivity contribution >= 4 is 111 Å². The summed E-state index contributed by atoms with van der Waals surface area (Å²) in [6, 6.07) is 11.0. The summed E-state index contributed by atoms with van der Waals surface area (Å²) in [5, 5.41) is 22.9. The molecular formula is C82H124N14O19S. The van der Waals surface area contributed by atoms with Crippen LogP contribution < -0.4 is 58.7 Å². The van der Waals surface area contributed by atoms with Crippen LogP contribution >= 0.6 is 11.8 Å². The Kier molecular flexibility index (Phi) is 37.5. The number of hydrogen-bond donors (Lipinski definition) is 10. The molecule has 0 radical (unpaired) electrons. The number of primary amides is 2. The van der Waals surface area contributed by atoms with Crippen LogP contribution in [0.1, 0.15) is 162 Å². The summed E-state index contributed by atoms with van der Waals surface area (Å²) in [5.41, 5.74) is 11.7. The van der Waals surface area contributed by atoms with Gasteiger partial charge in [0.25, 0.3) is 0 Å². The lowest BCUT2D eigenvalue weighted by atomic mass is 9.89. The van der Waals surface area contributed by atoms with E-state index in [4.69, 9.17) is 35.2 Å². The lowest BCUT2D eigenvalue weighted by molar-refractivity contribution is -0.148. The van der Waals surface area contributed by atoms with Crippen LogP contribution in [0.25, 0.3) is 10.8 Å². The zero-order valence-electron chi connectivity index (χ0n) is 69.9. The number of carbonyl (C=O) groups excluding carboxylic acids is 14. The van der Waals surface area contributed by atoms with Crippen LogP contribution in [-0.2, 0) is 73.5 Å². The number of unbranched alkanes of at least 4 members (excludes halogenated alkanes) is 2. The van der Waals surface area contributed by atoms with Gasteiger partial charge >= 0.3 is 18.2 Å². The van der Waals surface area contributed by atoms with Gasteiger partial charge in [-0.2, -0.15) is 0 Å². The minimum absolute atomic E-state index is 0.00555. The highest BCUT2D eigenvalue weighted by Gasteiger charge is 2.49. The summed E-state index contributed by atoms with van der Waals surface area (Å²) >= 11 is 1.40. The third-order valence-electron chi connectivity index (χ3n) is 21.7. The number of ether oxygens (including phenoxy) is 5. The van der Waals surface area contributed by atoms with Gasteiger partial charge in [-0.05, 0) is 128 Å². The minimum Gasteiger partial charge on any atom is -0.497 e. The quantitative estimate of drug-likeness (QED) is 0.0189. The molecule has 12 N–H and O–H groups in total. The summed E-state index contributed by atoms with van der Waals surface area (Å²) in [4.78, 5) is 194. The number of Topliss-reactive ketones (excluding diaryl/α,β-unsaturated/α-hetero) is 1. The predicted molar refractivity (Wildman–Crippen MR) is 437 cm³/mol. The molecule has 14 amide bonds. The molecule has 3 aromatic rings. The normalized spacial score (nSPS) is 18.0. The van der Waals surface area contributed by atoms with E-state index in [1.165, 1.54) is 35.8 Å². The fraction of sp³-hybridized carbons (Fsp3) is 0.634. The Balaban J connectivity index is 1.02. The third kappa shape index (κ3) is 28.3. The SMILES string of the molecule is CC[C@H](C)C(C(CC(=O)N1C[C@@H](OC(=O)NCCNC(=O)OCc2ccc(NC(=O)[C@H](CCCNC(N)=O)NC(=O)[C@@H](NC(=O)CCCCCN3C(=O)CC(SCC4(CC(N)=O)CC4)C3=O)C(C)C)cc2)C[C@H]1[C@H](OC)[C@@H](C)C(=O)NCC(=O)c1ccc2cc(OC)ccc2c1)OC)N(C)C(=O)[C@@H](NC(=O)[C@H](C(C)C)N(C)C)C(C)C. The van der Waals surface area contributed by atoms with Gasteiger partial charge in [-0.3, -0.25) is 62.5 Å². The number of imide groups is 1. The predicted octanol–water partition coefficient (Wildman–Crippen LogP) is 5.52. The zero-order valence-corrected chi connectivity index (χ0v) is 70.7. The maximum atomic E-state index is 15.1.